The number of aromatic nitrogens is 2. The Bertz CT molecular complexity index is 1440. The molecule has 0 saturated carbocycles. The molecular weight excluding hydrogens is 470 g/mol. The van der Waals surface area contributed by atoms with Crippen LogP contribution in [0.5, 0.6) is 0 Å². The van der Waals surface area contributed by atoms with Gasteiger partial charge in [0.2, 0.25) is 0 Å². The average Bonchev–Trinajstić information content (AvgIpc) is 3.18. The molecule has 2 aromatic carbocycles. The molecule has 0 aliphatic heterocycles. The summed E-state index contributed by atoms with van der Waals surface area (Å²) >= 11 is 8.40. The number of nitrogens with zero attached hydrogens (tertiary/aromatic N) is 1. The van der Waals surface area contributed by atoms with Gasteiger partial charge in [-0.15, -0.1) is 11.3 Å². The lowest BCUT2D eigenvalue weighted by molar-refractivity contribution is 0.257. The Labute approximate surface area is 195 Å². The number of hydrogen-bond acceptors (Lipinski definition) is 6. The number of H-pyrrole nitrogens is 1. The van der Waals surface area contributed by atoms with Crippen molar-refractivity contribution >= 4 is 63.2 Å². The molecule has 0 aliphatic rings. The predicted octanol–water partition coefficient (Wildman–Crippen LogP) is 4.57. The van der Waals surface area contributed by atoms with Crippen LogP contribution >= 0.6 is 34.9 Å². The number of aryl methyl sites for hydroxylation is 1. The number of carbonyl (C=O) groups is 1. The lowest BCUT2D eigenvalue weighted by atomic mass is 10.1. The number of carbonyl (C=O) groups excluding carboxylic acids is 1. The SMILES string of the molecule is CNc1ccc2c(=O)n(-c3ccc(NC(=O)NSc4ccc(Cl)s4)cc3C)c(=O)[nH]c2c1. The lowest BCUT2D eigenvalue weighted by Crippen LogP contribution is -2.34. The number of urea groups is 1. The number of amides is 2. The molecule has 0 saturated heterocycles. The number of aromatic amines is 1. The van der Waals surface area contributed by atoms with E-state index in [2.05, 4.69) is 20.3 Å². The van der Waals surface area contributed by atoms with Crippen molar-refractivity contribution in [1.29, 1.82) is 0 Å². The Kier molecular flexibility index (Phi) is 6.26. The van der Waals surface area contributed by atoms with Crippen LogP contribution < -0.4 is 26.6 Å². The van der Waals surface area contributed by atoms with Gasteiger partial charge in [-0.1, -0.05) is 11.6 Å². The van der Waals surface area contributed by atoms with Crippen molar-refractivity contribution in [2.75, 3.05) is 17.7 Å². The van der Waals surface area contributed by atoms with Gasteiger partial charge in [-0.25, -0.2) is 14.2 Å². The van der Waals surface area contributed by atoms with Gasteiger partial charge < -0.3 is 15.6 Å². The molecule has 4 aromatic rings. The van der Waals surface area contributed by atoms with Gasteiger partial charge in [-0.05, 0) is 73.0 Å². The van der Waals surface area contributed by atoms with Gasteiger partial charge >= 0.3 is 11.7 Å². The maximum atomic E-state index is 13.0. The van der Waals surface area contributed by atoms with Gasteiger partial charge in [0, 0.05) is 18.4 Å². The van der Waals surface area contributed by atoms with Crippen molar-refractivity contribution in [3.8, 4) is 5.69 Å². The molecular formula is C21H18ClN5O3S2. The summed E-state index contributed by atoms with van der Waals surface area (Å²) in [6.07, 6.45) is 0. The molecule has 2 amide bonds. The van der Waals surface area contributed by atoms with Gasteiger partial charge in [-0.3, -0.25) is 9.52 Å². The number of thiophene rings is 1. The number of hydrogen-bond donors (Lipinski definition) is 4. The summed E-state index contributed by atoms with van der Waals surface area (Å²) in [4.78, 5) is 40.6. The number of halogens is 1. The van der Waals surface area contributed by atoms with Crippen LogP contribution in [0.1, 0.15) is 5.56 Å². The van der Waals surface area contributed by atoms with E-state index in [1.807, 2.05) is 6.07 Å². The van der Waals surface area contributed by atoms with Crippen LogP contribution in [0.4, 0.5) is 16.2 Å². The second kappa shape index (κ2) is 9.11. The molecule has 4 N–H and O–H groups in total. The summed E-state index contributed by atoms with van der Waals surface area (Å²) < 4.78 is 5.27. The minimum Gasteiger partial charge on any atom is -0.388 e. The molecule has 2 aromatic heterocycles. The van der Waals surface area contributed by atoms with Gasteiger partial charge in [0.25, 0.3) is 5.56 Å². The topological polar surface area (TPSA) is 108 Å². The highest BCUT2D eigenvalue weighted by Crippen LogP contribution is 2.28. The third-order valence-corrected chi connectivity index (χ3v) is 6.83. The fraction of sp³-hybridized carbons (Fsp3) is 0.0952. The third-order valence-electron chi connectivity index (χ3n) is 4.67. The van der Waals surface area contributed by atoms with Crippen molar-refractivity contribution in [2.24, 2.45) is 0 Å². The van der Waals surface area contributed by atoms with Crippen molar-refractivity contribution in [3.63, 3.8) is 0 Å². The molecule has 0 bridgehead atoms. The number of nitrogens with one attached hydrogen (secondary N) is 4. The highest BCUT2D eigenvalue weighted by atomic mass is 35.5. The zero-order valence-corrected chi connectivity index (χ0v) is 19.4. The van der Waals surface area contributed by atoms with E-state index >= 15 is 0 Å². The first-order chi connectivity index (χ1) is 15.4. The van der Waals surface area contributed by atoms with E-state index in [1.165, 1.54) is 11.3 Å². The normalized spacial score (nSPS) is 10.8. The minimum atomic E-state index is -0.539. The molecule has 4 rings (SSSR count). The monoisotopic (exact) mass is 487 g/mol. The van der Waals surface area contributed by atoms with Crippen LogP contribution in [0, 0.1) is 6.92 Å². The van der Waals surface area contributed by atoms with E-state index in [1.54, 1.807) is 56.4 Å². The second-order valence-electron chi connectivity index (χ2n) is 6.80. The van der Waals surface area contributed by atoms with Crippen molar-refractivity contribution in [3.05, 3.63) is 79.3 Å². The Balaban J connectivity index is 1.58. The Morgan fingerprint density at radius 2 is 1.88 bits per heavy atom. The third kappa shape index (κ3) is 4.52. The summed E-state index contributed by atoms with van der Waals surface area (Å²) in [5.74, 6) is 0. The van der Waals surface area contributed by atoms with E-state index in [0.717, 1.165) is 26.4 Å². The zero-order chi connectivity index (χ0) is 22.8. The van der Waals surface area contributed by atoms with Gasteiger partial charge in [0.15, 0.2) is 0 Å². The molecule has 0 atom stereocenters. The summed E-state index contributed by atoms with van der Waals surface area (Å²) in [5, 5.41) is 6.11. The van der Waals surface area contributed by atoms with Crippen LogP contribution in [0.2, 0.25) is 4.34 Å². The second-order valence-corrected chi connectivity index (χ2v) is 9.62. The summed E-state index contributed by atoms with van der Waals surface area (Å²) in [6.45, 7) is 1.76. The largest absolute Gasteiger partial charge is 0.388 e. The number of anilines is 2. The molecule has 0 radical (unpaired) electrons. The van der Waals surface area contributed by atoms with Crippen LogP contribution in [-0.2, 0) is 0 Å². The van der Waals surface area contributed by atoms with Crippen molar-refractivity contribution in [2.45, 2.75) is 11.1 Å². The number of fused-ring (bicyclic) bond motifs is 1. The van der Waals surface area contributed by atoms with Crippen LogP contribution in [0.3, 0.4) is 0 Å². The summed E-state index contributed by atoms with van der Waals surface area (Å²) in [7, 11) is 1.76. The summed E-state index contributed by atoms with van der Waals surface area (Å²) in [5.41, 5.74) is 1.90. The first-order valence-electron chi connectivity index (χ1n) is 9.43. The van der Waals surface area contributed by atoms with E-state index in [-0.39, 0.29) is 0 Å². The number of benzene rings is 2. The lowest BCUT2D eigenvalue weighted by Gasteiger charge is -2.12. The average molecular weight is 488 g/mol. The number of rotatable bonds is 5. The zero-order valence-electron chi connectivity index (χ0n) is 17.0. The first-order valence-corrected chi connectivity index (χ1v) is 11.4. The van der Waals surface area contributed by atoms with Crippen LogP contribution in [0.15, 0.2) is 62.3 Å². The molecule has 0 spiro atoms. The molecule has 0 unspecified atom stereocenters. The van der Waals surface area contributed by atoms with Gasteiger partial charge in [0.1, 0.15) is 0 Å². The standard InChI is InChI=1S/C21H18ClN5O3S2/c1-11-9-13(24-20(29)26-32-18-8-7-17(22)31-18)4-6-16(11)27-19(28)14-5-3-12(23-2)10-15(14)25-21(27)30/h3-10,23H,1-2H3,(H,25,30)(H2,24,26,29). The molecule has 2 heterocycles. The highest BCUT2D eigenvalue weighted by molar-refractivity contribution is 7.99. The highest BCUT2D eigenvalue weighted by Gasteiger charge is 2.13. The minimum absolute atomic E-state index is 0.398. The van der Waals surface area contributed by atoms with Crippen LogP contribution in [-0.4, -0.2) is 22.6 Å². The molecule has 0 aliphatic carbocycles. The quantitative estimate of drug-likeness (QED) is 0.308. The Morgan fingerprint density at radius 3 is 2.56 bits per heavy atom. The fourth-order valence-electron chi connectivity index (χ4n) is 3.18. The molecule has 0 fully saturated rings. The van der Waals surface area contributed by atoms with E-state index in [9.17, 15) is 14.4 Å². The van der Waals surface area contributed by atoms with Gasteiger partial charge in [0.05, 0.1) is 25.1 Å². The Hall–Kier alpha value is -3.21. The Morgan fingerprint density at radius 1 is 1.09 bits per heavy atom. The van der Waals surface area contributed by atoms with E-state index in [0.29, 0.717) is 32.2 Å². The fourth-order valence-corrected chi connectivity index (χ4v) is 5.04. The molecule has 32 heavy (non-hydrogen) atoms. The van der Waals surface area contributed by atoms with E-state index < -0.39 is 17.3 Å². The van der Waals surface area contributed by atoms with Crippen molar-refractivity contribution in [1.82, 2.24) is 14.3 Å². The molecule has 164 valence electrons. The molecule has 8 nitrogen and oxygen atoms in total. The van der Waals surface area contributed by atoms with Crippen LogP contribution in [0.25, 0.3) is 16.6 Å². The van der Waals surface area contributed by atoms with Crippen molar-refractivity contribution < 1.29 is 4.79 Å². The predicted molar refractivity (Wildman–Crippen MR) is 132 cm³/mol. The van der Waals surface area contributed by atoms with E-state index in [4.69, 9.17) is 11.6 Å². The smallest absolute Gasteiger partial charge is 0.333 e. The maximum absolute atomic E-state index is 13.0. The maximum Gasteiger partial charge on any atom is 0.333 e. The molecule has 11 heteroatoms. The first kappa shape index (κ1) is 22.0. The van der Waals surface area contributed by atoms with Gasteiger partial charge in [-0.2, -0.15) is 0 Å². The summed E-state index contributed by atoms with van der Waals surface area (Å²) in [6, 6.07) is 13.3.